The lowest BCUT2D eigenvalue weighted by molar-refractivity contribution is 0.0528. The maximum Gasteiger partial charge on any atom is 0.343 e. The molecule has 1 aromatic carbocycles. The van der Waals surface area contributed by atoms with Gasteiger partial charge in [0.1, 0.15) is 29.6 Å². The number of carbonyl (C=O) groups excluding carboxylic acids is 1. The molecule has 3 aromatic rings. The van der Waals surface area contributed by atoms with Crippen LogP contribution in [-0.2, 0) is 9.16 Å². The summed E-state index contributed by atoms with van der Waals surface area (Å²) in [5.41, 5.74) is 1.30. The maximum atomic E-state index is 14.1. The third-order valence-electron chi connectivity index (χ3n) is 6.28. The van der Waals surface area contributed by atoms with E-state index in [9.17, 15) is 9.18 Å². The van der Waals surface area contributed by atoms with Crippen LogP contribution in [0, 0.1) is 5.82 Å². The van der Waals surface area contributed by atoms with Gasteiger partial charge in [-0.25, -0.2) is 18.7 Å². The van der Waals surface area contributed by atoms with E-state index in [1.54, 1.807) is 25.3 Å². The first-order valence-corrected chi connectivity index (χ1v) is 14.7. The number of fused-ring (bicyclic) bond motifs is 1. The minimum atomic E-state index is -1.87. The number of hydrogen-bond acceptors (Lipinski definition) is 7. The van der Waals surface area contributed by atoms with Crippen molar-refractivity contribution >= 4 is 25.8 Å². The van der Waals surface area contributed by atoms with Gasteiger partial charge in [0.2, 0.25) is 0 Å². The highest BCUT2D eigenvalue weighted by Gasteiger charge is 2.36. The first kappa shape index (κ1) is 26.6. The van der Waals surface area contributed by atoms with Gasteiger partial charge in [0.15, 0.2) is 14.0 Å². The predicted molar refractivity (Wildman–Crippen MR) is 136 cm³/mol. The fraction of sp³-hybridized carbons (Fsp3) is 0.480. The lowest BCUT2D eigenvalue weighted by Gasteiger charge is -2.36. The van der Waals surface area contributed by atoms with Crippen molar-refractivity contribution in [3.05, 3.63) is 53.6 Å². The van der Waals surface area contributed by atoms with Crippen molar-refractivity contribution in [2.24, 2.45) is 0 Å². The number of anilines is 1. The fourth-order valence-corrected chi connectivity index (χ4v) is 4.28. The average molecular weight is 503 g/mol. The van der Waals surface area contributed by atoms with Crippen LogP contribution in [0.25, 0.3) is 5.65 Å². The Labute approximate surface area is 206 Å². The Morgan fingerprint density at radius 1 is 1.23 bits per heavy atom. The summed E-state index contributed by atoms with van der Waals surface area (Å²) in [6.45, 7) is 15.7. The highest BCUT2D eigenvalue weighted by molar-refractivity contribution is 6.74. The molecule has 190 valence electrons. The molecule has 0 amide bonds. The Morgan fingerprint density at radius 3 is 2.66 bits per heavy atom. The molecule has 0 saturated carbocycles. The number of carbonyl (C=O) groups is 1. The molecule has 0 aliphatic rings. The molecule has 0 spiro atoms. The summed E-state index contributed by atoms with van der Waals surface area (Å²) in [6.07, 6.45) is 3.12. The topological polar surface area (TPSA) is 87.0 Å². The minimum absolute atomic E-state index is 0.114. The summed E-state index contributed by atoms with van der Waals surface area (Å²) >= 11 is 0. The monoisotopic (exact) mass is 502 g/mol. The molecule has 0 bridgehead atoms. The SMILES string of the molecule is CCOC(=O)c1cnn2ccc(N[C@H](C)c3cc(F)ccc3OCCO[Si](C)(C)C(C)(C)C)nc12. The van der Waals surface area contributed by atoms with E-state index in [0.717, 1.165) is 0 Å². The standard InChI is InChI=1S/C25H35FN4O4Si/c1-8-32-24(31)20-16-27-30-12-11-22(29-23(20)30)28-17(2)19-15-18(26)9-10-21(19)33-13-14-34-35(6,7)25(3,4)5/h9-12,15-17H,8,13-14H2,1-7H3,(H,28,29)/t17-/m1/s1. The summed E-state index contributed by atoms with van der Waals surface area (Å²) < 4.78 is 32.9. The number of hydrogen-bond donors (Lipinski definition) is 1. The zero-order valence-corrected chi connectivity index (χ0v) is 22.5. The zero-order valence-electron chi connectivity index (χ0n) is 21.5. The Morgan fingerprint density at radius 2 is 1.97 bits per heavy atom. The normalized spacial score (nSPS) is 13.0. The van der Waals surface area contributed by atoms with E-state index in [1.807, 2.05) is 6.92 Å². The molecule has 2 heterocycles. The van der Waals surface area contributed by atoms with Crippen LogP contribution in [0.5, 0.6) is 5.75 Å². The minimum Gasteiger partial charge on any atom is -0.491 e. The van der Waals surface area contributed by atoms with Crippen LogP contribution in [-0.4, -0.2) is 48.7 Å². The van der Waals surface area contributed by atoms with E-state index < -0.39 is 14.3 Å². The van der Waals surface area contributed by atoms with E-state index >= 15 is 0 Å². The number of nitrogens with one attached hydrogen (secondary N) is 1. The number of nitrogens with zero attached hydrogens (tertiary/aromatic N) is 3. The van der Waals surface area contributed by atoms with Crippen LogP contribution in [0.2, 0.25) is 18.1 Å². The first-order valence-electron chi connectivity index (χ1n) is 11.8. The molecule has 0 unspecified atom stereocenters. The predicted octanol–water partition coefficient (Wildman–Crippen LogP) is 5.62. The quantitative estimate of drug-likeness (QED) is 0.219. The first-order chi connectivity index (χ1) is 16.4. The number of ether oxygens (including phenoxy) is 2. The molecule has 0 radical (unpaired) electrons. The zero-order chi connectivity index (χ0) is 25.8. The second-order valence-electron chi connectivity index (χ2n) is 9.87. The molecule has 0 aliphatic heterocycles. The van der Waals surface area contributed by atoms with E-state index in [4.69, 9.17) is 13.9 Å². The van der Waals surface area contributed by atoms with Crippen LogP contribution in [0.15, 0.2) is 36.7 Å². The Balaban J connectivity index is 1.73. The smallest absolute Gasteiger partial charge is 0.343 e. The van der Waals surface area contributed by atoms with Crippen LogP contribution in [0.4, 0.5) is 10.2 Å². The van der Waals surface area contributed by atoms with Gasteiger partial charge >= 0.3 is 5.97 Å². The molecule has 8 nitrogen and oxygen atoms in total. The van der Waals surface area contributed by atoms with Crippen molar-refractivity contribution in [2.45, 2.75) is 58.8 Å². The van der Waals surface area contributed by atoms with Gasteiger partial charge in [-0.2, -0.15) is 5.10 Å². The number of aromatic nitrogens is 3. The van der Waals surface area contributed by atoms with Crippen LogP contribution in [0.3, 0.4) is 0 Å². The summed E-state index contributed by atoms with van der Waals surface area (Å²) in [7, 11) is -1.87. The van der Waals surface area contributed by atoms with Gasteiger partial charge in [0.05, 0.1) is 25.5 Å². The number of halogens is 1. The Hall–Kier alpha value is -2.98. The van der Waals surface area contributed by atoms with Gasteiger partial charge in [-0.05, 0) is 56.2 Å². The van der Waals surface area contributed by atoms with Gasteiger partial charge in [0, 0.05) is 11.8 Å². The van der Waals surface area contributed by atoms with Gasteiger partial charge < -0.3 is 19.2 Å². The van der Waals surface area contributed by atoms with E-state index in [0.29, 0.717) is 36.0 Å². The van der Waals surface area contributed by atoms with Crippen LogP contribution in [0.1, 0.15) is 56.6 Å². The number of benzene rings is 1. The molecule has 2 aromatic heterocycles. The molecule has 0 saturated heterocycles. The lowest BCUT2D eigenvalue weighted by atomic mass is 10.1. The third-order valence-corrected chi connectivity index (χ3v) is 10.8. The summed E-state index contributed by atoms with van der Waals surface area (Å²) in [5.74, 6) is 0.235. The van der Waals surface area contributed by atoms with Crippen molar-refractivity contribution in [1.82, 2.24) is 14.6 Å². The van der Waals surface area contributed by atoms with Gasteiger partial charge in [0.25, 0.3) is 0 Å². The second-order valence-corrected chi connectivity index (χ2v) is 14.7. The summed E-state index contributed by atoms with van der Waals surface area (Å²) in [5, 5.41) is 7.53. The molecule has 1 N–H and O–H groups in total. The number of esters is 1. The third kappa shape index (κ3) is 6.37. The fourth-order valence-electron chi connectivity index (χ4n) is 3.26. The second kappa shape index (κ2) is 10.7. The van der Waals surface area contributed by atoms with Crippen molar-refractivity contribution in [3.63, 3.8) is 0 Å². The largest absolute Gasteiger partial charge is 0.491 e. The van der Waals surface area contributed by atoms with Gasteiger partial charge in [-0.15, -0.1) is 0 Å². The molecule has 3 rings (SSSR count). The van der Waals surface area contributed by atoms with E-state index in [2.05, 4.69) is 49.3 Å². The summed E-state index contributed by atoms with van der Waals surface area (Å²) in [4.78, 5) is 16.7. The van der Waals surface area contributed by atoms with Gasteiger partial charge in [-0.3, -0.25) is 0 Å². The molecule has 10 heteroatoms. The van der Waals surface area contributed by atoms with Gasteiger partial charge in [-0.1, -0.05) is 20.8 Å². The Kier molecular flexibility index (Phi) is 8.17. The van der Waals surface area contributed by atoms with Crippen molar-refractivity contribution in [3.8, 4) is 5.75 Å². The summed E-state index contributed by atoms with van der Waals surface area (Å²) in [6, 6.07) is 5.86. The van der Waals surface area contributed by atoms with E-state index in [1.165, 1.54) is 22.8 Å². The lowest BCUT2D eigenvalue weighted by Crippen LogP contribution is -2.41. The highest BCUT2D eigenvalue weighted by Crippen LogP contribution is 2.36. The molecule has 0 aliphatic carbocycles. The molecule has 0 fully saturated rings. The maximum absolute atomic E-state index is 14.1. The molecular weight excluding hydrogens is 467 g/mol. The molecule has 35 heavy (non-hydrogen) atoms. The molecular formula is C25H35FN4O4Si. The van der Waals surface area contributed by atoms with Crippen molar-refractivity contribution in [2.75, 3.05) is 25.1 Å². The average Bonchev–Trinajstić information content (AvgIpc) is 3.20. The van der Waals surface area contributed by atoms with Crippen LogP contribution >= 0.6 is 0 Å². The number of rotatable bonds is 10. The Bertz CT molecular complexity index is 1180. The highest BCUT2D eigenvalue weighted by atomic mass is 28.4. The van der Waals surface area contributed by atoms with Crippen molar-refractivity contribution < 1.29 is 23.1 Å². The van der Waals surface area contributed by atoms with Crippen molar-refractivity contribution in [1.29, 1.82) is 0 Å². The van der Waals surface area contributed by atoms with E-state index in [-0.39, 0.29) is 29.1 Å². The molecule has 1 atom stereocenters. The van der Waals surface area contributed by atoms with Crippen LogP contribution < -0.4 is 10.1 Å².